The Morgan fingerprint density at radius 1 is 1.04 bits per heavy atom. The minimum absolute atomic E-state index is 0.192. The van der Waals surface area contributed by atoms with Gasteiger partial charge in [-0.05, 0) is 54.7 Å². The van der Waals surface area contributed by atoms with E-state index in [1.165, 1.54) is 31.2 Å². The number of benzene rings is 1. The first-order valence-corrected chi connectivity index (χ1v) is 9.58. The van der Waals surface area contributed by atoms with Gasteiger partial charge in [0.1, 0.15) is 5.82 Å². The molecule has 26 heavy (non-hydrogen) atoms. The fourth-order valence-electron chi connectivity index (χ4n) is 3.22. The number of amides is 2. The number of urea groups is 1. The second-order valence-corrected chi connectivity index (χ2v) is 6.78. The van der Waals surface area contributed by atoms with Gasteiger partial charge in [-0.1, -0.05) is 31.9 Å². The van der Waals surface area contributed by atoms with Crippen LogP contribution in [0.3, 0.4) is 0 Å². The number of hydrogen-bond acceptors (Lipinski definition) is 3. The lowest BCUT2D eigenvalue weighted by atomic mass is 10.1. The molecule has 1 aliphatic heterocycles. The number of aryl methyl sites for hydroxylation is 1. The molecule has 0 bridgehead atoms. The van der Waals surface area contributed by atoms with Gasteiger partial charge in [0.2, 0.25) is 0 Å². The Balaban J connectivity index is 1.53. The van der Waals surface area contributed by atoms with Gasteiger partial charge in [-0.15, -0.1) is 0 Å². The molecule has 2 amide bonds. The molecule has 5 heteroatoms. The Bertz CT molecular complexity index is 706. The van der Waals surface area contributed by atoms with Gasteiger partial charge in [0, 0.05) is 31.5 Å². The van der Waals surface area contributed by atoms with Crippen molar-refractivity contribution in [1.29, 1.82) is 0 Å². The normalized spacial score (nSPS) is 14.6. The Morgan fingerprint density at radius 3 is 2.46 bits per heavy atom. The molecule has 3 rings (SSSR count). The standard InChI is InChI=1S/C21H28N4O/c1-2-17-7-9-19(10-8-17)24-21(26)23-16-18-11-12-22-20(15-18)25-13-5-3-4-6-14-25/h7-12,15H,2-6,13-14,16H2,1H3,(H2,23,24,26). The maximum absolute atomic E-state index is 12.1. The van der Waals surface area contributed by atoms with Gasteiger partial charge in [-0.3, -0.25) is 0 Å². The van der Waals surface area contributed by atoms with Crippen molar-refractivity contribution in [2.45, 2.75) is 45.6 Å². The van der Waals surface area contributed by atoms with Crippen LogP contribution in [0.5, 0.6) is 0 Å². The summed E-state index contributed by atoms with van der Waals surface area (Å²) in [6, 6.07) is 11.8. The molecular weight excluding hydrogens is 324 g/mol. The van der Waals surface area contributed by atoms with E-state index in [9.17, 15) is 4.79 Å². The number of hydrogen-bond donors (Lipinski definition) is 2. The molecule has 0 saturated carbocycles. The zero-order valence-corrected chi connectivity index (χ0v) is 15.5. The zero-order chi connectivity index (χ0) is 18.2. The molecule has 2 N–H and O–H groups in total. The van der Waals surface area contributed by atoms with Gasteiger partial charge in [0.15, 0.2) is 0 Å². The Morgan fingerprint density at radius 2 is 1.77 bits per heavy atom. The summed E-state index contributed by atoms with van der Waals surface area (Å²) < 4.78 is 0. The van der Waals surface area contributed by atoms with Crippen molar-refractivity contribution >= 4 is 17.5 Å². The Labute approximate surface area is 155 Å². The third-order valence-corrected chi connectivity index (χ3v) is 4.81. The van der Waals surface area contributed by atoms with Gasteiger partial charge in [0.25, 0.3) is 0 Å². The lowest BCUT2D eigenvalue weighted by Crippen LogP contribution is -2.28. The second kappa shape index (κ2) is 9.22. The summed E-state index contributed by atoms with van der Waals surface area (Å²) in [5.74, 6) is 1.02. The molecule has 0 spiro atoms. The molecule has 138 valence electrons. The lowest BCUT2D eigenvalue weighted by molar-refractivity contribution is 0.251. The number of carbonyl (C=O) groups excluding carboxylic acids is 1. The third kappa shape index (κ3) is 5.22. The number of nitrogens with one attached hydrogen (secondary N) is 2. The average Bonchev–Trinajstić information content (AvgIpc) is 2.97. The van der Waals surface area contributed by atoms with Crippen molar-refractivity contribution < 1.29 is 4.79 Å². The first-order valence-electron chi connectivity index (χ1n) is 9.58. The van der Waals surface area contributed by atoms with Gasteiger partial charge >= 0.3 is 6.03 Å². The second-order valence-electron chi connectivity index (χ2n) is 6.78. The van der Waals surface area contributed by atoms with Crippen LogP contribution in [-0.4, -0.2) is 24.1 Å². The topological polar surface area (TPSA) is 57.3 Å². The Hall–Kier alpha value is -2.56. The van der Waals surface area contributed by atoms with Crippen LogP contribution in [0.4, 0.5) is 16.3 Å². The van der Waals surface area contributed by atoms with Crippen LogP contribution in [0.15, 0.2) is 42.6 Å². The first kappa shape index (κ1) is 18.2. The van der Waals surface area contributed by atoms with Crippen LogP contribution in [0, 0.1) is 0 Å². The third-order valence-electron chi connectivity index (χ3n) is 4.81. The van der Waals surface area contributed by atoms with E-state index in [0.29, 0.717) is 6.54 Å². The molecule has 1 aromatic carbocycles. The van der Waals surface area contributed by atoms with E-state index in [4.69, 9.17) is 0 Å². The smallest absolute Gasteiger partial charge is 0.319 e. The highest BCUT2D eigenvalue weighted by Crippen LogP contribution is 2.18. The zero-order valence-electron chi connectivity index (χ0n) is 15.5. The SMILES string of the molecule is CCc1ccc(NC(=O)NCc2ccnc(N3CCCCCC3)c2)cc1. The number of aromatic nitrogens is 1. The molecule has 1 aromatic heterocycles. The molecule has 0 atom stereocenters. The highest BCUT2D eigenvalue weighted by atomic mass is 16.2. The van der Waals surface area contributed by atoms with Gasteiger partial charge in [0.05, 0.1) is 0 Å². The monoisotopic (exact) mass is 352 g/mol. The van der Waals surface area contributed by atoms with E-state index in [2.05, 4.69) is 33.5 Å². The summed E-state index contributed by atoms with van der Waals surface area (Å²) in [6.45, 7) is 4.74. The molecule has 1 fully saturated rings. The van der Waals surface area contributed by atoms with Gasteiger partial charge < -0.3 is 15.5 Å². The van der Waals surface area contributed by atoms with E-state index in [1.54, 1.807) is 0 Å². The molecule has 0 unspecified atom stereocenters. The van der Waals surface area contributed by atoms with Crippen LogP contribution in [0.1, 0.15) is 43.7 Å². The molecule has 2 aromatic rings. The fraction of sp³-hybridized carbons (Fsp3) is 0.429. The molecule has 2 heterocycles. The van der Waals surface area contributed by atoms with E-state index in [0.717, 1.165) is 36.6 Å². The first-order chi connectivity index (χ1) is 12.7. The van der Waals surface area contributed by atoms with Crippen LogP contribution >= 0.6 is 0 Å². The molecule has 1 saturated heterocycles. The van der Waals surface area contributed by atoms with Crippen molar-refractivity contribution in [2.24, 2.45) is 0 Å². The molecular formula is C21H28N4O. The van der Waals surface area contributed by atoms with E-state index in [-0.39, 0.29) is 6.03 Å². The van der Waals surface area contributed by atoms with Crippen molar-refractivity contribution in [1.82, 2.24) is 10.3 Å². The molecule has 1 aliphatic rings. The number of rotatable bonds is 5. The molecule has 5 nitrogen and oxygen atoms in total. The highest BCUT2D eigenvalue weighted by Gasteiger charge is 2.11. The fourth-order valence-corrected chi connectivity index (χ4v) is 3.22. The van der Waals surface area contributed by atoms with Crippen molar-refractivity contribution in [2.75, 3.05) is 23.3 Å². The van der Waals surface area contributed by atoms with Crippen LogP contribution in [0.2, 0.25) is 0 Å². The van der Waals surface area contributed by atoms with Crippen molar-refractivity contribution in [3.8, 4) is 0 Å². The predicted molar refractivity (Wildman–Crippen MR) is 107 cm³/mol. The molecule has 0 radical (unpaired) electrons. The number of anilines is 2. The van der Waals surface area contributed by atoms with Crippen LogP contribution < -0.4 is 15.5 Å². The van der Waals surface area contributed by atoms with Gasteiger partial charge in [-0.2, -0.15) is 0 Å². The van der Waals surface area contributed by atoms with E-state index >= 15 is 0 Å². The summed E-state index contributed by atoms with van der Waals surface area (Å²) in [5, 5.41) is 5.80. The Kier molecular flexibility index (Phi) is 6.47. The predicted octanol–water partition coefficient (Wildman–Crippen LogP) is 4.35. The number of nitrogens with zero attached hydrogens (tertiary/aromatic N) is 2. The van der Waals surface area contributed by atoms with Gasteiger partial charge in [-0.25, -0.2) is 9.78 Å². The van der Waals surface area contributed by atoms with Crippen molar-refractivity contribution in [3.05, 3.63) is 53.7 Å². The summed E-state index contributed by atoms with van der Waals surface area (Å²) in [7, 11) is 0. The quantitative estimate of drug-likeness (QED) is 0.841. The maximum atomic E-state index is 12.1. The number of carbonyl (C=O) groups is 1. The minimum Gasteiger partial charge on any atom is -0.357 e. The highest BCUT2D eigenvalue weighted by molar-refractivity contribution is 5.89. The minimum atomic E-state index is -0.192. The number of pyridine rings is 1. The molecule has 0 aliphatic carbocycles. The maximum Gasteiger partial charge on any atom is 0.319 e. The van der Waals surface area contributed by atoms with E-state index < -0.39 is 0 Å². The summed E-state index contributed by atoms with van der Waals surface area (Å²) in [6.07, 6.45) is 7.88. The summed E-state index contributed by atoms with van der Waals surface area (Å²) in [5.41, 5.74) is 3.13. The van der Waals surface area contributed by atoms with Crippen LogP contribution in [-0.2, 0) is 13.0 Å². The summed E-state index contributed by atoms with van der Waals surface area (Å²) >= 11 is 0. The summed E-state index contributed by atoms with van der Waals surface area (Å²) in [4.78, 5) is 19.0. The lowest BCUT2D eigenvalue weighted by Gasteiger charge is -2.21. The van der Waals surface area contributed by atoms with Crippen LogP contribution in [0.25, 0.3) is 0 Å². The van der Waals surface area contributed by atoms with Crippen molar-refractivity contribution in [3.63, 3.8) is 0 Å². The largest absolute Gasteiger partial charge is 0.357 e. The average molecular weight is 352 g/mol. The van der Waals surface area contributed by atoms with E-state index in [1.807, 2.05) is 36.5 Å².